The molecule has 4 heteroatoms. The lowest BCUT2D eigenvalue weighted by Crippen LogP contribution is -2.11. The van der Waals surface area contributed by atoms with E-state index in [4.69, 9.17) is 0 Å². The third-order valence-electron chi connectivity index (χ3n) is 7.29. The second-order valence-electron chi connectivity index (χ2n) is 9.43. The zero-order chi connectivity index (χ0) is 24.5. The Balaban J connectivity index is 1.54. The van der Waals surface area contributed by atoms with Gasteiger partial charge in [-0.25, -0.2) is 4.39 Å². The molecule has 0 heterocycles. The Kier molecular flexibility index (Phi) is 4.79. The van der Waals surface area contributed by atoms with Crippen LogP contribution in [-0.4, -0.2) is 0 Å². The molecule has 2 aliphatic carbocycles. The van der Waals surface area contributed by atoms with Gasteiger partial charge >= 0.3 is 6.18 Å². The van der Waals surface area contributed by atoms with Crippen molar-refractivity contribution in [3.8, 4) is 11.1 Å². The van der Waals surface area contributed by atoms with E-state index in [1.54, 1.807) is 25.1 Å². The molecular formula is C31H22F4. The highest BCUT2D eigenvalue weighted by Crippen LogP contribution is 2.47. The second kappa shape index (κ2) is 7.67. The molecule has 0 fully saturated rings. The fourth-order valence-corrected chi connectivity index (χ4v) is 5.52. The fourth-order valence-electron chi connectivity index (χ4n) is 5.52. The topological polar surface area (TPSA) is 0 Å². The van der Waals surface area contributed by atoms with Gasteiger partial charge in [0.15, 0.2) is 0 Å². The molecule has 4 aromatic rings. The minimum atomic E-state index is -4.39. The quantitative estimate of drug-likeness (QED) is 0.257. The number of halogens is 4. The Hall–Kier alpha value is -3.66. The van der Waals surface area contributed by atoms with Gasteiger partial charge < -0.3 is 0 Å². The van der Waals surface area contributed by atoms with Crippen molar-refractivity contribution in [3.05, 3.63) is 118 Å². The van der Waals surface area contributed by atoms with Crippen molar-refractivity contribution < 1.29 is 17.6 Å². The van der Waals surface area contributed by atoms with Crippen molar-refractivity contribution in [3.63, 3.8) is 0 Å². The summed E-state index contributed by atoms with van der Waals surface area (Å²) in [5, 5.41) is 2.23. The summed E-state index contributed by atoms with van der Waals surface area (Å²) in [5.41, 5.74) is 8.12. The molecule has 0 spiro atoms. The van der Waals surface area contributed by atoms with Crippen molar-refractivity contribution in [1.29, 1.82) is 0 Å². The largest absolute Gasteiger partial charge is 0.416 e. The minimum absolute atomic E-state index is 0.225. The summed E-state index contributed by atoms with van der Waals surface area (Å²) in [6.07, 6.45) is 1.16. The summed E-state index contributed by atoms with van der Waals surface area (Å²) in [4.78, 5) is 0. The molecule has 0 atom stereocenters. The Bertz CT molecular complexity index is 1600. The molecule has 4 aromatic carbocycles. The summed E-state index contributed by atoms with van der Waals surface area (Å²) in [7, 11) is 0. The Labute approximate surface area is 201 Å². The highest BCUT2D eigenvalue weighted by Gasteiger charge is 2.33. The van der Waals surface area contributed by atoms with Gasteiger partial charge in [-0.2, -0.15) is 13.2 Å². The fraction of sp³-hybridized carbons (Fsp3) is 0.161. The number of hydrogen-bond donors (Lipinski definition) is 0. The van der Waals surface area contributed by atoms with Gasteiger partial charge in [0.2, 0.25) is 0 Å². The van der Waals surface area contributed by atoms with Crippen LogP contribution in [0.2, 0.25) is 0 Å². The van der Waals surface area contributed by atoms with Gasteiger partial charge in [0, 0.05) is 0 Å². The number of aryl methyl sites for hydroxylation is 2. The average Bonchev–Trinajstić information content (AvgIpc) is 2.84. The van der Waals surface area contributed by atoms with Crippen LogP contribution in [0.15, 0.2) is 72.8 Å². The van der Waals surface area contributed by atoms with Crippen molar-refractivity contribution in [2.24, 2.45) is 0 Å². The lowest BCUT2D eigenvalue weighted by Gasteiger charge is -2.28. The second-order valence-corrected chi connectivity index (χ2v) is 9.43. The molecule has 174 valence electrons. The monoisotopic (exact) mass is 470 g/mol. The van der Waals surface area contributed by atoms with E-state index in [1.807, 2.05) is 12.1 Å². The van der Waals surface area contributed by atoms with Gasteiger partial charge in [0.25, 0.3) is 0 Å². The summed E-state index contributed by atoms with van der Waals surface area (Å²) < 4.78 is 54.8. The summed E-state index contributed by atoms with van der Waals surface area (Å²) in [5.74, 6) is -0.232. The van der Waals surface area contributed by atoms with E-state index < -0.39 is 11.7 Å². The van der Waals surface area contributed by atoms with E-state index >= 15 is 0 Å². The zero-order valence-electron chi connectivity index (χ0n) is 19.4. The molecule has 0 bridgehead atoms. The third-order valence-corrected chi connectivity index (χ3v) is 7.29. The highest BCUT2D eigenvalue weighted by atomic mass is 19.4. The molecule has 0 aromatic heterocycles. The van der Waals surface area contributed by atoms with Crippen LogP contribution in [0.5, 0.6) is 0 Å². The van der Waals surface area contributed by atoms with E-state index in [2.05, 4.69) is 30.3 Å². The smallest absolute Gasteiger partial charge is 0.207 e. The van der Waals surface area contributed by atoms with Crippen LogP contribution >= 0.6 is 0 Å². The van der Waals surface area contributed by atoms with Crippen LogP contribution in [0, 0.1) is 19.7 Å². The molecule has 0 unspecified atom stereocenters. The molecule has 0 nitrogen and oxygen atoms in total. The van der Waals surface area contributed by atoms with Crippen molar-refractivity contribution in [2.75, 3.05) is 0 Å². The maximum absolute atomic E-state index is 13.9. The van der Waals surface area contributed by atoms with Crippen LogP contribution in [0.4, 0.5) is 17.6 Å². The molecule has 0 saturated carbocycles. The molecule has 0 N–H and O–H groups in total. The van der Waals surface area contributed by atoms with E-state index in [9.17, 15) is 17.6 Å². The Morgan fingerprint density at radius 3 is 2.17 bits per heavy atom. The van der Waals surface area contributed by atoms with Gasteiger partial charge in [-0.05, 0) is 111 Å². The zero-order valence-corrected chi connectivity index (χ0v) is 19.4. The van der Waals surface area contributed by atoms with Gasteiger partial charge in [0.05, 0.1) is 5.56 Å². The van der Waals surface area contributed by atoms with E-state index in [-0.39, 0.29) is 11.4 Å². The van der Waals surface area contributed by atoms with Gasteiger partial charge in [0.1, 0.15) is 5.82 Å². The first-order valence-corrected chi connectivity index (χ1v) is 11.7. The number of rotatable bonds is 2. The lowest BCUT2D eigenvalue weighted by atomic mass is 9.75. The first-order valence-electron chi connectivity index (χ1n) is 11.7. The van der Waals surface area contributed by atoms with E-state index in [0.29, 0.717) is 24.0 Å². The van der Waals surface area contributed by atoms with Crippen LogP contribution in [0.1, 0.15) is 38.9 Å². The maximum Gasteiger partial charge on any atom is 0.416 e. The van der Waals surface area contributed by atoms with Gasteiger partial charge in [-0.3, -0.25) is 0 Å². The Morgan fingerprint density at radius 2 is 1.40 bits per heavy atom. The lowest BCUT2D eigenvalue weighted by molar-refractivity contribution is -0.138. The highest BCUT2D eigenvalue weighted by molar-refractivity contribution is 6.16. The molecule has 0 amide bonds. The third kappa shape index (κ3) is 3.43. The molecule has 2 aliphatic rings. The number of allylic oxidation sites excluding steroid dienone is 4. The summed E-state index contributed by atoms with van der Waals surface area (Å²) >= 11 is 0. The van der Waals surface area contributed by atoms with E-state index in [1.165, 1.54) is 30.2 Å². The molecule has 0 aliphatic heterocycles. The molecule has 0 radical (unpaired) electrons. The predicted molar refractivity (Wildman–Crippen MR) is 134 cm³/mol. The predicted octanol–water partition coefficient (Wildman–Crippen LogP) is 8.86. The van der Waals surface area contributed by atoms with Crippen molar-refractivity contribution in [2.45, 2.75) is 32.9 Å². The molecular weight excluding hydrogens is 448 g/mol. The normalized spacial score (nSPS) is 14.7. The van der Waals surface area contributed by atoms with Gasteiger partial charge in [-0.15, -0.1) is 0 Å². The molecule has 6 rings (SSSR count). The van der Waals surface area contributed by atoms with Crippen LogP contribution < -0.4 is 0 Å². The SMILES string of the molecule is Cc1cc(-c2ccc3c4c5c(ccc24)CC=C(c2ccc(C)c(C(F)(F)F)c2)C5=CC3)ccc1F. The van der Waals surface area contributed by atoms with Crippen molar-refractivity contribution in [1.82, 2.24) is 0 Å². The van der Waals surface area contributed by atoms with Crippen LogP contribution in [0.3, 0.4) is 0 Å². The molecule has 35 heavy (non-hydrogen) atoms. The first-order chi connectivity index (χ1) is 16.7. The first kappa shape index (κ1) is 21.8. The van der Waals surface area contributed by atoms with E-state index in [0.717, 1.165) is 38.6 Å². The Morgan fingerprint density at radius 1 is 0.686 bits per heavy atom. The van der Waals surface area contributed by atoms with Crippen LogP contribution in [-0.2, 0) is 19.0 Å². The van der Waals surface area contributed by atoms with Crippen LogP contribution in [0.25, 0.3) is 33.0 Å². The number of alkyl halides is 3. The summed E-state index contributed by atoms with van der Waals surface area (Å²) in [6, 6.07) is 18.2. The average molecular weight is 471 g/mol. The number of benzene rings is 4. The van der Waals surface area contributed by atoms with Gasteiger partial charge in [-0.1, -0.05) is 54.6 Å². The minimum Gasteiger partial charge on any atom is -0.207 e. The van der Waals surface area contributed by atoms with Crippen molar-refractivity contribution >= 4 is 21.9 Å². The molecule has 0 saturated heterocycles. The standard InChI is InChI=1S/C31H22F4/c1-17-3-4-22(16-27(17)31(33,34)35)24-11-6-20-7-12-25-23(21-9-14-28(32)18(2)15-21)10-5-19-8-13-26(24)30(20)29(19)25/h3-5,7,9-16H,6,8H2,1-2H3. The maximum atomic E-state index is 13.9. The summed E-state index contributed by atoms with van der Waals surface area (Å²) in [6.45, 7) is 3.25. The number of hydrogen-bond acceptors (Lipinski definition) is 0.